The van der Waals surface area contributed by atoms with E-state index in [1.807, 2.05) is 0 Å². The second-order valence-corrected chi connectivity index (χ2v) is 6.50. The van der Waals surface area contributed by atoms with Crippen LogP contribution in [0.2, 0.25) is 0 Å². The first kappa shape index (κ1) is 14.3. The average molecular weight is 324 g/mol. The molecule has 0 amide bonds. The van der Waals surface area contributed by atoms with Crippen LogP contribution in [-0.4, -0.2) is 25.6 Å². The molecule has 0 N–H and O–H groups in total. The summed E-state index contributed by atoms with van der Waals surface area (Å²) in [5, 5.41) is 13.5. The molecule has 0 saturated heterocycles. The van der Waals surface area contributed by atoms with E-state index < -0.39 is 0 Å². The Kier molecular flexibility index (Phi) is 4.35. The molecule has 0 atom stereocenters. The largest absolute Gasteiger partial charge is 0.486 e. The predicted molar refractivity (Wildman–Crippen MR) is 81.2 cm³/mol. The molecule has 0 fully saturated rings. The molecule has 5 nitrogen and oxygen atoms in total. The maximum atomic E-state index is 12.8. The molecular formula is C13H13FN4OS2. The fourth-order valence-electron chi connectivity index (χ4n) is 1.71. The van der Waals surface area contributed by atoms with Gasteiger partial charge in [-0.1, -0.05) is 18.3 Å². The van der Waals surface area contributed by atoms with Crippen molar-refractivity contribution < 1.29 is 9.13 Å². The van der Waals surface area contributed by atoms with Crippen molar-refractivity contribution in [2.45, 2.75) is 19.3 Å². The van der Waals surface area contributed by atoms with Crippen LogP contribution in [0.15, 0.2) is 24.3 Å². The van der Waals surface area contributed by atoms with Gasteiger partial charge in [-0.25, -0.2) is 4.39 Å². The van der Waals surface area contributed by atoms with Crippen LogP contribution in [0.5, 0.6) is 5.75 Å². The molecule has 8 heteroatoms. The fraction of sp³-hybridized carbons (Fsp3) is 0.308. The van der Waals surface area contributed by atoms with Crippen molar-refractivity contribution in [1.29, 1.82) is 0 Å². The monoisotopic (exact) mass is 324 g/mol. The molecule has 110 valence electrons. The molecule has 2 heterocycles. The number of nitrogens with zero attached hydrogens (tertiary/aromatic N) is 4. The van der Waals surface area contributed by atoms with Crippen molar-refractivity contribution in [1.82, 2.24) is 19.8 Å². The molecule has 0 aliphatic rings. The Morgan fingerprint density at radius 2 is 2.10 bits per heavy atom. The quantitative estimate of drug-likeness (QED) is 0.697. The number of hydrogen-bond donors (Lipinski definition) is 0. The SMILES string of the molecule is CCSCc1nnc2sc(COc3ccc(F)cc3)nn12. The van der Waals surface area contributed by atoms with Crippen LogP contribution >= 0.6 is 23.1 Å². The molecule has 3 rings (SSSR count). The van der Waals surface area contributed by atoms with E-state index in [9.17, 15) is 4.39 Å². The lowest BCUT2D eigenvalue weighted by molar-refractivity contribution is 0.303. The number of halogens is 1. The maximum absolute atomic E-state index is 12.8. The summed E-state index contributed by atoms with van der Waals surface area (Å²) < 4.78 is 20.1. The number of hydrogen-bond acceptors (Lipinski definition) is 6. The van der Waals surface area contributed by atoms with Crippen molar-refractivity contribution in [3.05, 3.63) is 40.9 Å². The minimum Gasteiger partial charge on any atom is -0.486 e. The first-order valence-corrected chi connectivity index (χ1v) is 8.39. The summed E-state index contributed by atoms with van der Waals surface area (Å²) in [5.41, 5.74) is 0. The number of fused-ring (bicyclic) bond motifs is 1. The highest BCUT2D eigenvalue weighted by Gasteiger charge is 2.11. The molecule has 0 unspecified atom stereocenters. The van der Waals surface area contributed by atoms with Crippen molar-refractivity contribution in [2.24, 2.45) is 0 Å². The van der Waals surface area contributed by atoms with Crippen molar-refractivity contribution in [3.63, 3.8) is 0 Å². The summed E-state index contributed by atoms with van der Waals surface area (Å²) in [6.45, 7) is 2.44. The molecule has 0 radical (unpaired) electrons. The Hall–Kier alpha value is -1.67. The highest BCUT2D eigenvalue weighted by molar-refractivity contribution is 7.98. The van der Waals surface area contributed by atoms with Gasteiger partial charge in [0, 0.05) is 0 Å². The number of rotatable bonds is 6. The third-order valence-electron chi connectivity index (χ3n) is 2.71. The topological polar surface area (TPSA) is 52.3 Å². The minimum absolute atomic E-state index is 0.279. The maximum Gasteiger partial charge on any atom is 0.234 e. The second-order valence-electron chi connectivity index (χ2n) is 4.19. The predicted octanol–water partition coefficient (Wildman–Crippen LogP) is 3.16. The first-order chi connectivity index (χ1) is 10.3. The van der Waals surface area contributed by atoms with Crippen molar-refractivity contribution >= 4 is 28.1 Å². The molecular weight excluding hydrogens is 311 g/mol. The Balaban J connectivity index is 1.69. The van der Waals surface area contributed by atoms with Crippen molar-refractivity contribution in [3.8, 4) is 5.75 Å². The van der Waals surface area contributed by atoms with Crippen LogP contribution < -0.4 is 4.74 Å². The van der Waals surface area contributed by atoms with E-state index in [-0.39, 0.29) is 5.82 Å². The summed E-state index contributed by atoms with van der Waals surface area (Å²) in [6, 6.07) is 5.93. The summed E-state index contributed by atoms with van der Waals surface area (Å²) >= 11 is 3.22. The highest BCUT2D eigenvalue weighted by Crippen LogP contribution is 2.19. The van der Waals surface area contributed by atoms with E-state index >= 15 is 0 Å². The van der Waals surface area contributed by atoms with Gasteiger partial charge in [-0.05, 0) is 30.0 Å². The van der Waals surface area contributed by atoms with Gasteiger partial charge in [-0.15, -0.1) is 10.2 Å². The van der Waals surface area contributed by atoms with E-state index in [4.69, 9.17) is 4.74 Å². The second kappa shape index (κ2) is 6.40. The van der Waals surface area contributed by atoms with E-state index in [1.165, 1.54) is 23.5 Å². The van der Waals surface area contributed by atoms with E-state index in [0.29, 0.717) is 12.4 Å². The van der Waals surface area contributed by atoms with Crippen LogP contribution in [0.4, 0.5) is 4.39 Å². The first-order valence-electron chi connectivity index (χ1n) is 6.42. The van der Waals surface area contributed by atoms with Crippen LogP contribution in [-0.2, 0) is 12.4 Å². The molecule has 3 aromatic rings. The lowest BCUT2D eigenvalue weighted by atomic mass is 10.3. The molecule has 2 aromatic heterocycles. The number of benzene rings is 1. The normalized spacial score (nSPS) is 11.1. The van der Waals surface area contributed by atoms with Gasteiger partial charge in [0.2, 0.25) is 4.96 Å². The third-order valence-corrected chi connectivity index (χ3v) is 4.45. The molecule has 1 aromatic carbocycles. The lowest BCUT2D eigenvalue weighted by Gasteiger charge is -2.02. The van der Waals surface area contributed by atoms with Gasteiger partial charge in [0.1, 0.15) is 18.2 Å². The molecule has 0 spiro atoms. The highest BCUT2D eigenvalue weighted by atomic mass is 32.2. The number of ether oxygens (including phenoxy) is 1. The Labute approximate surface area is 129 Å². The number of thioether (sulfide) groups is 1. The van der Waals surface area contributed by atoms with Crippen LogP contribution in [0.1, 0.15) is 17.8 Å². The Morgan fingerprint density at radius 1 is 1.29 bits per heavy atom. The lowest BCUT2D eigenvalue weighted by Crippen LogP contribution is -1.98. The Morgan fingerprint density at radius 3 is 2.86 bits per heavy atom. The fourth-order valence-corrected chi connectivity index (χ4v) is 3.05. The van der Waals surface area contributed by atoms with E-state index in [0.717, 1.165) is 27.3 Å². The van der Waals surface area contributed by atoms with Crippen molar-refractivity contribution in [2.75, 3.05) is 5.75 Å². The van der Waals surface area contributed by atoms with E-state index in [2.05, 4.69) is 22.2 Å². The zero-order chi connectivity index (χ0) is 14.7. The average Bonchev–Trinajstić information content (AvgIpc) is 3.05. The summed E-state index contributed by atoms with van der Waals surface area (Å²) in [6.07, 6.45) is 0. The Bertz CT molecular complexity index is 725. The summed E-state index contributed by atoms with van der Waals surface area (Å²) in [7, 11) is 0. The van der Waals surface area contributed by atoms with Crippen LogP contribution in [0.25, 0.3) is 4.96 Å². The van der Waals surface area contributed by atoms with E-state index in [1.54, 1.807) is 28.4 Å². The van der Waals surface area contributed by atoms with Gasteiger partial charge in [-0.2, -0.15) is 21.4 Å². The summed E-state index contributed by atoms with van der Waals surface area (Å²) in [4.78, 5) is 0.763. The molecule has 0 aliphatic heterocycles. The van der Waals surface area contributed by atoms with Gasteiger partial charge >= 0.3 is 0 Å². The minimum atomic E-state index is -0.279. The molecule has 21 heavy (non-hydrogen) atoms. The third kappa shape index (κ3) is 3.33. The standard InChI is InChI=1S/C13H13FN4OS2/c1-2-20-8-11-15-16-13-18(11)17-12(21-13)7-19-10-5-3-9(14)4-6-10/h3-6H,2,7-8H2,1H3. The van der Waals surface area contributed by atoms with Gasteiger partial charge in [0.25, 0.3) is 0 Å². The summed E-state index contributed by atoms with van der Waals surface area (Å²) in [5.74, 6) is 3.00. The van der Waals surface area contributed by atoms with Gasteiger partial charge in [0.05, 0.1) is 5.75 Å². The zero-order valence-electron chi connectivity index (χ0n) is 11.3. The number of aromatic nitrogens is 4. The van der Waals surface area contributed by atoms with Gasteiger partial charge in [0.15, 0.2) is 10.8 Å². The molecule has 0 bridgehead atoms. The van der Waals surface area contributed by atoms with Crippen LogP contribution in [0.3, 0.4) is 0 Å². The zero-order valence-corrected chi connectivity index (χ0v) is 13.0. The van der Waals surface area contributed by atoms with Gasteiger partial charge < -0.3 is 4.74 Å². The molecule has 0 saturated carbocycles. The molecule has 0 aliphatic carbocycles. The van der Waals surface area contributed by atoms with Gasteiger partial charge in [-0.3, -0.25) is 0 Å². The van der Waals surface area contributed by atoms with Crippen LogP contribution in [0, 0.1) is 5.82 Å². The smallest absolute Gasteiger partial charge is 0.234 e.